The molecule has 166 valence electrons. The molecule has 0 saturated carbocycles. The highest BCUT2D eigenvalue weighted by atomic mass is 32.2. The van der Waals surface area contributed by atoms with Gasteiger partial charge in [-0.2, -0.15) is 11.8 Å². The minimum atomic E-state index is 0.469. The number of thioether (sulfide) groups is 1. The van der Waals surface area contributed by atoms with E-state index < -0.39 is 0 Å². The van der Waals surface area contributed by atoms with E-state index in [0.29, 0.717) is 12.6 Å². The number of nitrogens with one attached hydrogen (secondary N) is 2. The summed E-state index contributed by atoms with van der Waals surface area (Å²) < 4.78 is 1.98. The molecule has 2 aromatic rings. The van der Waals surface area contributed by atoms with Crippen LogP contribution < -0.4 is 10.6 Å². The Hall–Kier alpha value is -2.06. The van der Waals surface area contributed by atoms with E-state index in [9.17, 15) is 0 Å². The maximum absolute atomic E-state index is 4.73. The van der Waals surface area contributed by atoms with Gasteiger partial charge in [0.05, 0.1) is 0 Å². The number of hydrogen-bond donors (Lipinski definition) is 2. The highest BCUT2D eigenvalue weighted by molar-refractivity contribution is 7.98. The summed E-state index contributed by atoms with van der Waals surface area (Å²) in [6.45, 7) is 7.48. The highest BCUT2D eigenvalue weighted by Gasteiger charge is 2.10. The first kappa shape index (κ1) is 24.2. The van der Waals surface area contributed by atoms with Gasteiger partial charge in [0.15, 0.2) is 11.8 Å². The first-order valence-electron chi connectivity index (χ1n) is 10.6. The second-order valence-corrected chi connectivity index (χ2v) is 8.61. The molecule has 1 heterocycles. The fourth-order valence-corrected chi connectivity index (χ4v) is 3.42. The molecule has 0 aliphatic carbocycles. The van der Waals surface area contributed by atoms with Gasteiger partial charge < -0.3 is 15.2 Å². The van der Waals surface area contributed by atoms with Crippen LogP contribution in [0.5, 0.6) is 0 Å². The lowest BCUT2D eigenvalue weighted by atomic mass is 10.1. The summed E-state index contributed by atoms with van der Waals surface area (Å²) in [7, 11) is 4.16. The van der Waals surface area contributed by atoms with Crippen LogP contribution in [0.4, 0.5) is 0 Å². The Morgan fingerprint density at radius 3 is 2.60 bits per heavy atom. The van der Waals surface area contributed by atoms with Crippen molar-refractivity contribution in [2.75, 3.05) is 32.1 Å². The van der Waals surface area contributed by atoms with Crippen molar-refractivity contribution in [3.63, 3.8) is 0 Å². The average Bonchev–Trinajstić information content (AvgIpc) is 3.07. The Morgan fingerprint density at radius 1 is 1.20 bits per heavy atom. The van der Waals surface area contributed by atoms with Crippen molar-refractivity contribution in [3.8, 4) is 0 Å². The molecule has 2 rings (SSSR count). The Bertz CT molecular complexity index is 760. The molecular weight excluding hydrogens is 394 g/mol. The zero-order chi connectivity index (χ0) is 21.8. The third-order valence-corrected chi connectivity index (χ3v) is 5.96. The summed E-state index contributed by atoms with van der Waals surface area (Å²) >= 11 is 1.87. The van der Waals surface area contributed by atoms with Crippen LogP contribution >= 0.6 is 11.8 Å². The molecule has 7 nitrogen and oxygen atoms in total. The minimum Gasteiger partial charge on any atom is -0.356 e. The summed E-state index contributed by atoms with van der Waals surface area (Å²) in [5, 5.41) is 15.3. The van der Waals surface area contributed by atoms with Crippen LogP contribution in [0.15, 0.2) is 35.3 Å². The first-order valence-corrected chi connectivity index (χ1v) is 12.0. The third-order valence-electron chi connectivity index (χ3n) is 5.26. The van der Waals surface area contributed by atoms with Crippen LogP contribution in [0.3, 0.4) is 0 Å². The van der Waals surface area contributed by atoms with Crippen LogP contribution in [0.1, 0.15) is 37.0 Å². The second-order valence-electron chi connectivity index (χ2n) is 7.63. The summed E-state index contributed by atoms with van der Waals surface area (Å²) in [5.41, 5.74) is 1.34. The van der Waals surface area contributed by atoms with E-state index in [1.807, 2.05) is 30.3 Å². The van der Waals surface area contributed by atoms with E-state index in [1.54, 1.807) is 0 Å². The van der Waals surface area contributed by atoms with Crippen LogP contribution in [-0.4, -0.2) is 63.8 Å². The molecular formula is C22H37N7S. The van der Waals surface area contributed by atoms with Gasteiger partial charge in [0, 0.05) is 32.7 Å². The summed E-state index contributed by atoms with van der Waals surface area (Å²) in [4.78, 5) is 7.12. The Balaban J connectivity index is 1.84. The largest absolute Gasteiger partial charge is 0.356 e. The SMILES string of the molecule is CSCCCNC(=NCc1nnc(C)n1C)NCCC(C)N(C)Cc1ccccc1. The number of nitrogens with zero attached hydrogens (tertiary/aromatic N) is 5. The molecule has 0 aliphatic rings. The normalized spacial score (nSPS) is 12.9. The van der Waals surface area contributed by atoms with E-state index in [1.165, 1.54) is 5.56 Å². The third kappa shape index (κ3) is 8.36. The van der Waals surface area contributed by atoms with E-state index in [2.05, 4.69) is 76.3 Å². The van der Waals surface area contributed by atoms with Gasteiger partial charge >= 0.3 is 0 Å². The predicted octanol–water partition coefficient (Wildman–Crippen LogP) is 2.82. The van der Waals surface area contributed by atoms with E-state index in [-0.39, 0.29) is 0 Å². The van der Waals surface area contributed by atoms with Crippen molar-refractivity contribution in [2.45, 2.75) is 45.8 Å². The van der Waals surface area contributed by atoms with Gasteiger partial charge in [0.25, 0.3) is 0 Å². The van der Waals surface area contributed by atoms with Gasteiger partial charge in [0.2, 0.25) is 0 Å². The summed E-state index contributed by atoms with van der Waals surface area (Å²) in [6, 6.07) is 11.1. The molecule has 1 unspecified atom stereocenters. The topological polar surface area (TPSA) is 70.4 Å². The monoisotopic (exact) mass is 431 g/mol. The molecule has 8 heteroatoms. The number of aryl methyl sites for hydroxylation is 1. The van der Waals surface area contributed by atoms with Crippen molar-refractivity contribution in [1.82, 2.24) is 30.3 Å². The number of rotatable bonds is 12. The lowest BCUT2D eigenvalue weighted by molar-refractivity contribution is 0.238. The Labute approximate surface area is 185 Å². The molecule has 1 atom stereocenters. The molecule has 0 radical (unpaired) electrons. The maximum Gasteiger partial charge on any atom is 0.191 e. The molecule has 0 fully saturated rings. The molecule has 30 heavy (non-hydrogen) atoms. The second kappa shape index (κ2) is 13.3. The highest BCUT2D eigenvalue weighted by Crippen LogP contribution is 2.08. The van der Waals surface area contributed by atoms with Gasteiger partial charge in [-0.25, -0.2) is 4.99 Å². The molecule has 2 N–H and O–H groups in total. The van der Waals surface area contributed by atoms with Gasteiger partial charge in [-0.05, 0) is 51.3 Å². The number of benzene rings is 1. The van der Waals surface area contributed by atoms with E-state index >= 15 is 0 Å². The van der Waals surface area contributed by atoms with Crippen LogP contribution in [0.2, 0.25) is 0 Å². The lowest BCUT2D eigenvalue weighted by Gasteiger charge is -2.25. The molecule has 1 aromatic carbocycles. The standard InChI is InChI=1S/C22H37N7S/c1-18(28(3)17-20-10-7-6-8-11-20)12-14-24-22(23-13-9-15-30-5)25-16-21-27-26-19(2)29(21)4/h6-8,10-11,18H,9,12-17H2,1-5H3,(H2,23,24,25). The molecule has 1 aromatic heterocycles. The van der Waals surface area contributed by atoms with Crippen LogP contribution in [0.25, 0.3) is 0 Å². The summed E-state index contributed by atoms with van der Waals surface area (Å²) in [6.07, 6.45) is 4.29. The fourth-order valence-electron chi connectivity index (χ4n) is 2.98. The number of hydrogen-bond acceptors (Lipinski definition) is 5. The number of aliphatic imine (C=N–C) groups is 1. The van der Waals surface area contributed by atoms with Gasteiger partial charge in [-0.3, -0.25) is 4.90 Å². The molecule has 0 bridgehead atoms. The quantitative estimate of drug-likeness (QED) is 0.306. The predicted molar refractivity (Wildman–Crippen MR) is 128 cm³/mol. The van der Waals surface area contributed by atoms with Crippen molar-refractivity contribution in [1.29, 1.82) is 0 Å². The van der Waals surface area contributed by atoms with Crippen LogP contribution in [-0.2, 0) is 20.1 Å². The first-order chi connectivity index (χ1) is 14.5. The van der Waals surface area contributed by atoms with Crippen molar-refractivity contribution in [3.05, 3.63) is 47.5 Å². The zero-order valence-electron chi connectivity index (χ0n) is 19.1. The summed E-state index contributed by atoms with van der Waals surface area (Å²) in [5.74, 6) is 3.76. The maximum atomic E-state index is 4.73. The minimum absolute atomic E-state index is 0.469. The van der Waals surface area contributed by atoms with Gasteiger partial charge in [-0.15, -0.1) is 10.2 Å². The van der Waals surface area contributed by atoms with E-state index in [4.69, 9.17) is 4.99 Å². The van der Waals surface area contributed by atoms with E-state index in [0.717, 1.165) is 55.8 Å². The molecule has 0 spiro atoms. The number of aromatic nitrogens is 3. The van der Waals surface area contributed by atoms with Crippen LogP contribution in [0, 0.1) is 6.92 Å². The molecule has 0 aliphatic heterocycles. The molecule has 0 saturated heterocycles. The van der Waals surface area contributed by atoms with Gasteiger partial charge in [-0.1, -0.05) is 30.3 Å². The van der Waals surface area contributed by atoms with Crippen molar-refractivity contribution < 1.29 is 0 Å². The van der Waals surface area contributed by atoms with Gasteiger partial charge in [0.1, 0.15) is 12.4 Å². The number of guanidine groups is 1. The van der Waals surface area contributed by atoms with Crippen molar-refractivity contribution >= 4 is 17.7 Å². The average molecular weight is 432 g/mol. The Morgan fingerprint density at radius 2 is 1.93 bits per heavy atom. The molecule has 0 amide bonds. The Kier molecular flexibility index (Phi) is 10.7. The van der Waals surface area contributed by atoms with Crippen molar-refractivity contribution in [2.24, 2.45) is 12.0 Å². The fraction of sp³-hybridized carbons (Fsp3) is 0.591. The lowest BCUT2D eigenvalue weighted by Crippen LogP contribution is -2.40. The smallest absolute Gasteiger partial charge is 0.191 e. The zero-order valence-corrected chi connectivity index (χ0v) is 19.9.